The first kappa shape index (κ1) is 19.4. The van der Waals surface area contributed by atoms with Gasteiger partial charge in [0.15, 0.2) is 0 Å². The fraction of sp³-hybridized carbons (Fsp3) is 0.400. The van der Waals surface area contributed by atoms with E-state index in [0.717, 1.165) is 66.7 Å². The molecular weight excluding hydrogens is 408 g/mol. The maximum atomic E-state index is 6.61. The van der Waals surface area contributed by atoms with Crippen LogP contribution in [0.5, 0.6) is 0 Å². The Morgan fingerprint density at radius 2 is 2.00 bits per heavy atom. The maximum Gasteiger partial charge on any atom is 0.104 e. The van der Waals surface area contributed by atoms with Crippen molar-refractivity contribution in [2.75, 3.05) is 25.0 Å². The molecule has 3 aliphatic heterocycles. The number of ether oxygens (including phenoxy) is 1. The summed E-state index contributed by atoms with van der Waals surface area (Å²) in [5, 5.41) is 4.58. The zero-order chi connectivity index (χ0) is 21.1. The lowest BCUT2D eigenvalue weighted by Crippen LogP contribution is -2.46. The molecule has 0 radical (unpaired) electrons. The third kappa shape index (κ3) is 3.27. The number of benzene rings is 1. The van der Waals surface area contributed by atoms with Crippen LogP contribution in [-0.2, 0) is 16.8 Å². The van der Waals surface area contributed by atoms with E-state index in [9.17, 15) is 0 Å². The Labute approximate surface area is 188 Å². The first-order valence-electron chi connectivity index (χ1n) is 11.1. The molecule has 0 amide bonds. The van der Waals surface area contributed by atoms with E-state index in [1.165, 1.54) is 5.69 Å². The summed E-state index contributed by atoms with van der Waals surface area (Å²) in [6.45, 7) is 5.72. The summed E-state index contributed by atoms with van der Waals surface area (Å²) in [5.74, 6) is 0. The quantitative estimate of drug-likeness (QED) is 0.622. The second-order valence-electron chi connectivity index (χ2n) is 9.33. The van der Waals surface area contributed by atoms with E-state index >= 15 is 0 Å². The van der Waals surface area contributed by atoms with Gasteiger partial charge in [-0.05, 0) is 62.2 Å². The summed E-state index contributed by atoms with van der Waals surface area (Å²) in [6.07, 6.45) is 5.22. The molecule has 3 aliphatic rings. The Morgan fingerprint density at radius 1 is 1.13 bits per heavy atom. The zero-order valence-electron chi connectivity index (χ0n) is 17.8. The van der Waals surface area contributed by atoms with E-state index < -0.39 is 0 Å². The van der Waals surface area contributed by atoms with E-state index in [1.807, 2.05) is 12.1 Å². The molecule has 160 valence electrons. The van der Waals surface area contributed by atoms with E-state index in [4.69, 9.17) is 16.3 Å². The monoisotopic (exact) mass is 434 g/mol. The molecule has 2 saturated heterocycles. The Morgan fingerprint density at radius 3 is 2.84 bits per heavy atom. The number of rotatable bonds is 2. The number of hydrogen-bond donors (Lipinski definition) is 1. The van der Waals surface area contributed by atoms with Crippen LogP contribution < -0.4 is 5.32 Å². The van der Waals surface area contributed by atoms with Gasteiger partial charge in [-0.1, -0.05) is 17.7 Å². The first-order chi connectivity index (χ1) is 15.0. The molecule has 0 unspecified atom stereocenters. The van der Waals surface area contributed by atoms with Crippen LogP contribution in [0.25, 0.3) is 5.69 Å². The van der Waals surface area contributed by atoms with Crippen molar-refractivity contribution in [2.45, 2.75) is 43.9 Å². The van der Waals surface area contributed by atoms with E-state index in [-0.39, 0.29) is 11.1 Å². The molecule has 6 rings (SSSR count). The predicted molar refractivity (Wildman–Crippen MR) is 123 cm³/mol. The molecule has 31 heavy (non-hydrogen) atoms. The standard InChI is InChI=1S/C25H27ClN4O/c1-18-4-2-5-20(27-18)15-29-12-9-24(10-13-29)16-25(17-31-24)23-6-3-11-30(23)22-8-7-19(26)14-21(22)28-25/h2-8,11,14,28H,9-10,12-13,15-17H2,1H3/t25-/m0/s1. The van der Waals surface area contributed by atoms with E-state index in [2.05, 4.69) is 69.3 Å². The van der Waals surface area contributed by atoms with Gasteiger partial charge in [0.25, 0.3) is 0 Å². The summed E-state index contributed by atoms with van der Waals surface area (Å²) >= 11 is 6.32. The highest BCUT2D eigenvalue weighted by Gasteiger charge is 2.53. The van der Waals surface area contributed by atoms with Gasteiger partial charge in [0.05, 0.1) is 35.0 Å². The van der Waals surface area contributed by atoms with Crippen molar-refractivity contribution in [1.29, 1.82) is 0 Å². The minimum Gasteiger partial charge on any atom is -0.372 e. The number of nitrogens with zero attached hydrogens (tertiary/aromatic N) is 3. The van der Waals surface area contributed by atoms with Gasteiger partial charge in [0, 0.05) is 43.0 Å². The molecule has 6 heteroatoms. The van der Waals surface area contributed by atoms with Crippen molar-refractivity contribution < 1.29 is 4.74 Å². The van der Waals surface area contributed by atoms with Gasteiger partial charge < -0.3 is 14.6 Å². The lowest BCUT2D eigenvalue weighted by atomic mass is 9.79. The van der Waals surface area contributed by atoms with Crippen LogP contribution in [0.2, 0.25) is 5.02 Å². The molecule has 2 spiro atoms. The number of hydrogen-bond acceptors (Lipinski definition) is 4. The minimum atomic E-state index is -0.207. The summed E-state index contributed by atoms with van der Waals surface area (Å²) in [5.41, 5.74) is 5.47. The van der Waals surface area contributed by atoms with Crippen molar-refractivity contribution in [3.8, 4) is 5.69 Å². The first-order valence-corrected chi connectivity index (χ1v) is 11.5. The van der Waals surface area contributed by atoms with Crippen LogP contribution in [-0.4, -0.2) is 39.7 Å². The van der Waals surface area contributed by atoms with Crippen molar-refractivity contribution in [2.24, 2.45) is 0 Å². The number of aromatic nitrogens is 2. The average molecular weight is 435 g/mol. The molecule has 1 atom stereocenters. The molecule has 5 nitrogen and oxygen atoms in total. The highest BCUT2D eigenvalue weighted by molar-refractivity contribution is 6.31. The minimum absolute atomic E-state index is 0.0747. The van der Waals surface area contributed by atoms with Crippen molar-refractivity contribution >= 4 is 17.3 Å². The van der Waals surface area contributed by atoms with Crippen LogP contribution in [0.4, 0.5) is 5.69 Å². The van der Waals surface area contributed by atoms with Gasteiger partial charge in [-0.15, -0.1) is 0 Å². The molecule has 3 aromatic rings. The van der Waals surface area contributed by atoms with Crippen molar-refractivity contribution in [3.05, 3.63) is 76.8 Å². The molecule has 2 aromatic heterocycles. The number of anilines is 1. The molecule has 1 N–H and O–H groups in total. The molecule has 0 bridgehead atoms. The molecule has 2 fully saturated rings. The van der Waals surface area contributed by atoms with Crippen LogP contribution in [0.15, 0.2) is 54.7 Å². The number of pyridine rings is 1. The van der Waals surface area contributed by atoms with E-state index in [0.29, 0.717) is 6.61 Å². The fourth-order valence-electron chi connectivity index (χ4n) is 5.65. The Balaban J connectivity index is 1.21. The Hall–Kier alpha value is -2.34. The third-order valence-corrected chi connectivity index (χ3v) is 7.41. The van der Waals surface area contributed by atoms with Gasteiger partial charge in [0.2, 0.25) is 0 Å². The molecule has 0 aliphatic carbocycles. The van der Waals surface area contributed by atoms with Gasteiger partial charge >= 0.3 is 0 Å². The summed E-state index contributed by atoms with van der Waals surface area (Å²) in [6, 6.07) is 16.7. The molecule has 5 heterocycles. The predicted octanol–water partition coefficient (Wildman–Crippen LogP) is 4.91. The number of aryl methyl sites for hydroxylation is 1. The lowest BCUT2D eigenvalue weighted by Gasteiger charge is -2.41. The highest BCUT2D eigenvalue weighted by atomic mass is 35.5. The van der Waals surface area contributed by atoms with Crippen LogP contribution in [0, 0.1) is 6.92 Å². The highest BCUT2D eigenvalue weighted by Crippen LogP contribution is 2.50. The molecular formula is C25H27ClN4O. The third-order valence-electron chi connectivity index (χ3n) is 7.18. The summed E-state index contributed by atoms with van der Waals surface area (Å²) < 4.78 is 8.91. The average Bonchev–Trinajstić information content (AvgIpc) is 3.37. The lowest BCUT2D eigenvalue weighted by molar-refractivity contribution is -0.0453. The van der Waals surface area contributed by atoms with Crippen LogP contribution >= 0.6 is 11.6 Å². The second-order valence-corrected chi connectivity index (χ2v) is 9.76. The second kappa shape index (κ2) is 7.09. The van der Waals surface area contributed by atoms with Gasteiger partial charge in [-0.25, -0.2) is 0 Å². The van der Waals surface area contributed by atoms with Crippen LogP contribution in [0.3, 0.4) is 0 Å². The number of halogens is 1. The largest absolute Gasteiger partial charge is 0.372 e. The number of piperidine rings is 1. The Kier molecular flexibility index (Phi) is 4.43. The fourth-order valence-corrected chi connectivity index (χ4v) is 5.82. The van der Waals surface area contributed by atoms with Gasteiger partial charge in [-0.3, -0.25) is 9.88 Å². The zero-order valence-corrected chi connectivity index (χ0v) is 18.5. The Bertz CT molecular complexity index is 1130. The molecule has 0 saturated carbocycles. The van der Waals surface area contributed by atoms with Crippen LogP contribution in [0.1, 0.15) is 36.3 Å². The topological polar surface area (TPSA) is 42.3 Å². The maximum absolute atomic E-state index is 6.61. The normalized spacial score (nSPS) is 24.2. The summed E-state index contributed by atoms with van der Waals surface area (Å²) in [4.78, 5) is 7.18. The van der Waals surface area contributed by atoms with Gasteiger partial charge in [0.1, 0.15) is 5.54 Å². The van der Waals surface area contributed by atoms with Crippen molar-refractivity contribution in [1.82, 2.24) is 14.5 Å². The summed E-state index contributed by atoms with van der Waals surface area (Å²) in [7, 11) is 0. The smallest absolute Gasteiger partial charge is 0.104 e. The number of nitrogens with one attached hydrogen (secondary N) is 1. The number of fused-ring (bicyclic) bond motifs is 4. The molecule has 1 aromatic carbocycles. The van der Waals surface area contributed by atoms with E-state index in [1.54, 1.807) is 0 Å². The SMILES string of the molecule is Cc1cccc(CN2CCC3(CC2)C[C@@]2(CO3)Nc3cc(Cl)ccc3-n3cccc32)n1. The van der Waals surface area contributed by atoms with Gasteiger partial charge in [-0.2, -0.15) is 0 Å². The number of likely N-dealkylation sites (tertiary alicyclic amines) is 1. The van der Waals surface area contributed by atoms with Crippen molar-refractivity contribution in [3.63, 3.8) is 0 Å².